The fourth-order valence-corrected chi connectivity index (χ4v) is 3.05. The summed E-state index contributed by atoms with van der Waals surface area (Å²) in [6.45, 7) is 0.701. The molecule has 5 nitrogen and oxygen atoms in total. The predicted octanol–water partition coefficient (Wildman–Crippen LogP) is 3.41. The number of hydrogen-bond donors (Lipinski definition) is 1. The molecule has 1 aromatic carbocycles. The molecule has 1 heterocycles. The summed E-state index contributed by atoms with van der Waals surface area (Å²) in [4.78, 5) is 14.2. The van der Waals surface area contributed by atoms with Gasteiger partial charge < -0.3 is 10.6 Å². The van der Waals surface area contributed by atoms with Crippen LogP contribution >= 0.6 is 11.3 Å². The molecule has 0 aliphatic heterocycles. The summed E-state index contributed by atoms with van der Waals surface area (Å²) in [5, 5.41) is 13.3. The standard InChI is InChI=1S/C14H15N3O2S/c15-12-4-1-5-13(14(12)17(18)19)16(10-6-7-10)9-11-3-2-8-20-11/h1-5,8,10H,6-7,9,15H2. The molecule has 0 amide bonds. The number of para-hydroxylation sites is 1. The maximum Gasteiger partial charge on any atom is 0.315 e. The molecule has 1 aliphatic rings. The molecule has 1 fully saturated rings. The predicted molar refractivity (Wildman–Crippen MR) is 81.0 cm³/mol. The van der Waals surface area contributed by atoms with Crippen LogP contribution in [0.15, 0.2) is 35.7 Å². The summed E-state index contributed by atoms with van der Waals surface area (Å²) < 4.78 is 0. The molecule has 2 aromatic rings. The molecule has 0 bridgehead atoms. The van der Waals surface area contributed by atoms with Crippen LogP contribution in [0, 0.1) is 10.1 Å². The van der Waals surface area contributed by atoms with E-state index in [-0.39, 0.29) is 16.3 Å². The minimum atomic E-state index is -0.380. The summed E-state index contributed by atoms with van der Waals surface area (Å²) in [6.07, 6.45) is 2.16. The number of nitro groups is 1. The highest BCUT2D eigenvalue weighted by atomic mass is 32.1. The summed E-state index contributed by atoms with van der Waals surface area (Å²) in [6, 6.07) is 9.59. The number of anilines is 2. The van der Waals surface area contributed by atoms with Crippen molar-refractivity contribution in [3.05, 3.63) is 50.7 Å². The van der Waals surface area contributed by atoms with Gasteiger partial charge in [0.1, 0.15) is 11.4 Å². The molecule has 0 unspecified atom stereocenters. The van der Waals surface area contributed by atoms with Crippen LogP contribution in [0.2, 0.25) is 0 Å². The zero-order valence-electron chi connectivity index (χ0n) is 10.9. The highest BCUT2D eigenvalue weighted by Crippen LogP contribution is 2.40. The van der Waals surface area contributed by atoms with Crippen LogP contribution in [0.4, 0.5) is 17.1 Å². The monoisotopic (exact) mass is 289 g/mol. The first-order valence-electron chi connectivity index (χ1n) is 6.48. The Kier molecular flexibility index (Phi) is 3.31. The number of nitro benzene ring substituents is 1. The smallest absolute Gasteiger partial charge is 0.315 e. The van der Waals surface area contributed by atoms with Gasteiger partial charge in [0.15, 0.2) is 0 Å². The van der Waals surface area contributed by atoms with Crippen LogP contribution in [0.25, 0.3) is 0 Å². The topological polar surface area (TPSA) is 72.4 Å². The van der Waals surface area contributed by atoms with Gasteiger partial charge in [0.05, 0.1) is 11.5 Å². The Morgan fingerprint density at radius 3 is 2.75 bits per heavy atom. The van der Waals surface area contributed by atoms with Crippen molar-refractivity contribution in [3.8, 4) is 0 Å². The van der Waals surface area contributed by atoms with Gasteiger partial charge in [-0.3, -0.25) is 10.1 Å². The third-order valence-electron chi connectivity index (χ3n) is 3.43. The van der Waals surface area contributed by atoms with Crippen molar-refractivity contribution < 1.29 is 4.92 Å². The average Bonchev–Trinajstić information content (AvgIpc) is 3.12. The van der Waals surface area contributed by atoms with E-state index in [2.05, 4.69) is 11.0 Å². The van der Waals surface area contributed by atoms with Crippen LogP contribution in [0.1, 0.15) is 17.7 Å². The van der Waals surface area contributed by atoms with Crippen LogP contribution in [0.3, 0.4) is 0 Å². The van der Waals surface area contributed by atoms with Gasteiger partial charge in [-0.05, 0) is 36.4 Å². The number of nitrogens with zero attached hydrogens (tertiary/aromatic N) is 2. The zero-order valence-corrected chi connectivity index (χ0v) is 11.7. The molecule has 6 heteroatoms. The third kappa shape index (κ3) is 2.46. The van der Waals surface area contributed by atoms with E-state index >= 15 is 0 Å². The lowest BCUT2D eigenvalue weighted by Crippen LogP contribution is -2.25. The molecule has 104 valence electrons. The van der Waals surface area contributed by atoms with Crippen molar-refractivity contribution in [2.24, 2.45) is 0 Å². The quantitative estimate of drug-likeness (QED) is 0.520. The third-order valence-corrected chi connectivity index (χ3v) is 4.29. The van der Waals surface area contributed by atoms with E-state index in [1.165, 1.54) is 4.88 Å². The van der Waals surface area contributed by atoms with Crippen molar-refractivity contribution in [2.45, 2.75) is 25.4 Å². The van der Waals surface area contributed by atoms with E-state index in [9.17, 15) is 10.1 Å². The number of thiophene rings is 1. The minimum Gasteiger partial charge on any atom is -0.393 e. The molecule has 0 spiro atoms. The normalized spacial score (nSPS) is 14.2. The van der Waals surface area contributed by atoms with Crippen LogP contribution in [-0.4, -0.2) is 11.0 Å². The fourth-order valence-electron chi connectivity index (χ4n) is 2.35. The van der Waals surface area contributed by atoms with E-state index in [0.29, 0.717) is 18.3 Å². The van der Waals surface area contributed by atoms with Crippen molar-refractivity contribution in [1.29, 1.82) is 0 Å². The lowest BCUT2D eigenvalue weighted by molar-refractivity contribution is -0.383. The fraction of sp³-hybridized carbons (Fsp3) is 0.286. The first-order valence-corrected chi connectivity index (χ1v) is 7.36. The second kappa shape index (κ2) is 5.13. The van der Waals surface area contributed by atoms with Gasteiger partial charge in [0.2, 0.25) is 0 Å². The van der Waals surface area contributed by atoms with Crippen LogP contribution in [-0.2, 0) is 6.54 Å². The summed E-state index contributed by atoms with van der Waals surface area (Å²) in [5.74, 6) is 0. The number of nitrogens with two attached hydrogens (primary N) is 1. The lowest BCUT2D eigenvalue weighted by atomic mass is 10.2. The van der Waals surface area contributed by atoms with Crippen molar-refractivity contribution in [3.63, 3.8) is 0 Å². The Balaban J connectivity index is 1.99. The molecule has 3 rings (SSSR count). The van der Waals surface area contributed by atoms with Gasteiger partial charge in [-0.25, -0.2) is 0 Å². The molecule has 0 saturated heterocycles. The average molecular weight is 289 g/mol. The first-order chi connectivity index (χ1) is 9.66. The Bertz CT molecular complexity index is 623. The zero-order chi connectivity index (χ0) is 14.1. The SMILES string of the molecule is Nc1cccc(N(Cc2cccs2)C2CC2)c1[N+](=O)[O-]. The Morgan fingerprint density at radius 2 is 2.15 bits per heavy atom. The van der Waals surface area contributed by atoms with Gasteiger partial charge >= 0.3 is 5.69 Å². The summed E-state index contributed by atoms with van der Waals surface area (Å²) >= 11 is 1.67. The van der Waals surface area contributed by atoms with E-state index in [0.717, 1.165) is 12.8 Å². The summed E-state index contributed by atoms with van der Waals surface area (Å²) in [5.41, 5.74) is 6.67. The number of nitrogen functional groups attached to an aromatic ring is 1. The highest BCUT2D eigenvalue weighted by Gasteiger charge is 2.34. The lowest BCUT2D eigenvalue weighted by Gasteiger charge is -2.24. The molecule has 1 aliphatic carbocycles. The second-order valence-electron chi connectivity index (χ2n) is 4.91. The number of benzene rings is 1. The van der Waals surface area contributed by atoms with Crippen LogP contribution in [0.5, 0.6) is 0 Å². The molecule has 0 atom stereocenters. The minimum absolute atomic E-state index is 0.0240. The largest absolute Gasteiger partial charge is 0.393 e. The van der Waals surface area contributed by atoms with E-state index < -0.39 is 0 Å². The molecular formula is C14H15N3O2S. The Hall–Kier alpha value is -2.08. The molecule has 1 saturated carbocycles. The van der Waals surface area contributed by atoms with E-state index in [4.69, 9.17) is 5.73 Å². The van der Waals surface area contributed by atoms with Crippen molar-refractivity contribution >= 4 is 28.4 Å². The second-order valence-corrected chi connectivity index (χ2v) is 5.94. The molecule has 2 N–H and O–H groups in total. The number of hydrogen-bond acceptors (Lipinski definition) is 5. The van der Waals surface area contributed by atoms with Gasteiger partial charge in [-0.1, -0.05) is 12.1 Å². The molecule has 1 aromatic heterocycles. The van der Waals surface area contributed by atoms with Crippen LogP contribution < -0.4 is 10.6 Å². The van der Waals surface area contributed by atoms with Gasteiger partial charge in [-0.15, -0.1) is 11.3 Å². The highest BCUT2D eigenvalue weighted by molar-refractivity contribution is 7.09. The first kappa shape index (κ1) is 12.9. The van der Waals surface area contributed by atoms with Gasteiger partial charge in [-0.2, -0.15) is 0 Å². The Morgan fingerprint density at radius 1 is 1.35 bits per heavy atom. The van der Waals surface area contributed by atoms with E-state index in [1.54, 1.807) is 29.5 Å². The number of rotatable bonds is 5. The van der Waals surface area contributed by atoms with Gasteiger partial charge in [0, 0.05) is 10.9 Å². The molecule has 0 radical (unpaired) electrons. The summed E-state index contributed by atoms with van der Waals surface area (Å²) in [7, 11) is 0. The molecule has 20 heavy (non-hydrogen) atoms. The van der Waals surface area contributed by atoms with Crippen molar-refractivity contribution in [1.82, 2.24) is 0 Å². The maximum absolute atomic E-state index is 11.3. The maximum atomic E-state index is 11.3. The Labute approximate surface area is 120 Å². The van der Waals surface area contributed by atoms with Crippen molar-refractivity contribution in [2.75, 3.05) is 10.6 Å². The van der Waals surface area contributed by atoms with Gasteiger partial charge in [0.25, 0.3) is 0 Å². The molecular weight excluding hydrogens is 274 g/mol. The van der Waals surface area contributed by atoms with E-state index in [1.807, 2.05) is 11.4 Å².